The number of fused-ring (bicyclic) bond motifs is 4. The van der Waals surface area contributed by atoms with E-state index in [0.717, 1.165) is 59.2 Å². The molecule has 0 fully saturated rings. The molecule has 6 aromatic rings. The summed E-state index contributed by atoms with van der Waals surface area (Å²) >= 11 is 0. The van der Waals surface area contributed by atoms with Crippen LogP contribution in [-0.4, -0.2) is 13.0 Å². The van der Waals surface area contributed by atoms with Gasteiger partial charge in [0, 0.05) is 0 Å². The molecule has 0 amide bonds. The maximum Gasteiger partial charge on any atom is 0.294 e. The van der Waals surface area contributed by atoms with Crippen molar-refractivity contribution in [2.75, 3.05) is 0 Å². The standard InChI is InChI=1S/C36H34O3S/c37-40(38,39)36-21-20-32-23-28-14-8-10-16-30(28)25-35(32)33(36)19-6-4-2-1-3-5-12-26-17-11-18-31-22-27-13-7-9-15-29(27)24-34(26)31/h7-11,13-18,20-25H,1-6,12,19H2,(H,37,38,39). The largest absolute Gasteiger partial charge is 0.294 e. The molecular formula is C36H34O3S. The van der Waals surface area contributed by atoms with Crippen LogP contribution < -0.4 is 0 Å². The van der Waals surface area contributed by atoms with Crippen molar-refractivity contribution in [1.29, 1.82) is 0 Å². The Hall–Kier alpha value is -3.73. The first-order valence-corrected chi connectivity index (χ1v) is 15.7. The summed E-state index contributed by atoms with van der Waals surface area (Å²) in [5.74, 6) is 0. The molecule has 0 aliphatic carbocycles. The van der Waals surface area contributed by atoms with Crippen LogP contribution in [0, 0.1) is 0 Å². The lowest BCUT2D eigenvalue weighted by Gasteiger charge is -2.13. The van der Waals surface area contributed by atoms with Crippen LogP contribution in [0.4, 0.5) is 0 Å². The van der Waals surface area contributed by atoms with Crippen molar-refractivity contribution in [3.63, 3.8) is 0 Å². The molecule has 0 aromatic heterocycles. The minimum Gasteiger partial charge on any atom is -0.282 e. The third-order valence-corrected chi connectivity index (χ3v) is 9.13. The van der Waals surface area contributed by atoms with Gasteiger partial charge in [-0.1, -0.05) is 98.5 Å². The van der Waals surface area contributed by atoms with Gasteiger partial charge in [-0.25, -0.2) is 0 Å². The first-order valence-electron chi connectivity index (χ1n) is 14.3. The van der Waals surface area contributed by atoms with Gasteiger partial charge in [0.2, 0.25) is 0 Å². The van der Waals surface area contributed by atoms with Crippen molar-refractivity contribution in [2.45, 2.75) is 56.3 Å². The highest BCUT2D eigenvalue weighted by Gasteiger charge is 2.18. The zero-order valence-corrected chi connectivity index (χ0v) is 23.5. The zero-order chi connectivity index (χ0) is 27.5. The Kier molecular flexibility index (Phi) is 7.55. The molecule has 40 heavy (non-hydrogen) atoms. The maximum absolute atomic E-state index is 12.2. The van der Waals surface area contributed by atoms with E-state index in [9.17, 15) is 13.0 Å². The Bertz CT molecular complexity index is 1940. The Morgan fingerprint density at radius 1 is 0.475 bits per heavy atom. The van der Waals surface area contributed by atoms with Crippen LogP contribution in [0.1, 0.15) is 49.7 Å². The van der Waals surface area contributed by atoms with E-state index in [1.165, 1.54) is 39.9 Å². The van der Waals surface area contributed by atoms with E-state index < -0.39 is 10.1 Å². The first-order chi connectivity index (χ1) is 19.5. The summed E-state index contributed by atoms with van der Waals surface area (Å²) in [6, 6.07) is 35.4. The monoisotopic (exact) mass is 546 g/mol. The molecule has 0 radical (unpaired) electrons. The van der Waals surface area contributed by atoms with Crippen LogP contribution in [0.5, 0.6) is 0 Å². The molecule has 0 aliphatic heterocycles. The fourth-order valence-electron chi connectivity index (χ4n) is 6.13. The highest BCUT2D eigenvalue weighted by Crippen LogP contribution is 2.31. The summed E-state index contributed by atoms with van der Waals surface area (Å²) in [6.07, 6.45) is 8.27. The molecule has 0 spiro atoms. The van der Waals surface area contributed by atoms with Gasteiger partial charge in [0.25, 0.3) is 10.1 Å². The molecule has 0 saturated heterocycles. The summed E-state index contributed by atoms with van der Waals surface area (Å²) < 4.78 is 34.3. The summed E-state index contributed by atoms with van der Waals surface area (Å²) in [4.78, 5) is 0.0400. The number of rotatable bonds is 10. The van der Waals surface area contributed by atoms with Crippen LogP contribution >= 0.6 is 0 Å². The van der Waals surface area contributed by atoms with Gasteiger partial charge in [-0.3, -0.25) is 4.55 Å². The van der Waals surface area contributed by atoms with E-state index in [1.807, 2.05) is 18.2 Å². The molecular weight excluding hydrogens is 512 g/mol. The lowest BCUT2D eigenvalue weighted by Crippen LogP contribution is -2.04. The second-order valence-corrected chi connectivity index (χ2v) is 12.3. The minimum absolute atomic E-state index is 0.0400. The average Bonchev–Trinajstić information content (AvgIpc) is 2.95. The lowest BCUT2D eigenvalue weighted by molar-refractivity contribution is 0.482. The molecule has 3 nitrogen and oxygen atoms in total. The van der Waals surface area contributed by atoms with Gasteiger partial charge < -0.3 is 0 Å². The number of benzene rings is 6. The summed E-state index contributed by atoms with van der Waals surface area (Å²) in [6.45, 7) is 0. The lowest BCUT2D eigenvalue weighted by atomic mass is 9.95. The van der Waals surface area contributed by atoms with E-state index in [-0.39, 0.29) is 4.90 Å². The molecule has 6 rings (SSSR count). The Labute approximate surface area is 236 Å². The van der Waals surface area contributed by atoms with Gasteiger partial charge in [-0.15, -0.1) is 0 Å². The molecule has 0 heterocycles. The van der Waals surface area contributed by atoms with E-state index in [0.29, 0.717) is 6.42 Å². The van der Waals surface area contributed by atoms with Crippen LogP contribution in [0.2, 0.25) is 0 Å². The fourth-order valence-corrected chi connectivity index (χ4v) is 6.89. The maximum atomic E-state index is 12.2. The normalized spacial score (nSPS) is 12.1. The van der Waals surface area contributed by atoms with Crippen molar-refractivity contribution in [2.24, 2.45) is 0 Å². The summed E-state index contributed by atoms with van der Waals surface area (Å²) in [7, 11) is -4.29. The molecule has 0 unspecified atom stereocenters. The van der Waals surface area contributed by atoms with Crippen molar-refractivity contribution in [1.82, 2.24) is 0 Å². The van der Waals surface area contributed by atoms with Crippen LogP contribution in [0.3, 0.4) is 0 Å². The number of aryl methyl sites for hydroxylation is 2. The highest BCUT2D eigenvalue weighted by molar-refractivity contribution is 7.85. The molecule has 0 aliphatic rings. The average molecular weight is 547 g/mol. The molecule has 0 saturated carbocycles. The highest BCUT2D eigenvalue weighted by atomic mass is 32.2. The zero-order valence-electron chi connectivity index (χ0n) is 22.6. The van der Waals surface area contributed by atoms with Gasteiger partial charge in [0.1, 0.15) is 0 Å². The summed E-state index contributed by atoms with van der Waals surface area (Å²) in [5, 5.41) is 9.35. The quantitative estimate of drug-likeness (QED) is 0.106. The van der Waals surface area contributed by atoms with E-state index >= 15 is 0 Å². The molecule has 202 valence electrons. The predicted molar refractivity (Wildman–Crippen MR) is 168 cm³/mol. The first kappa shape index (κ1) is 26.5. The molecule has 4 heteroatoms. The number of unbranched alkanes of at least 4 members (excludes halogenated alkanes) is 5. The third kappa shape index (κ3) is 5.60. The predicted octanol–water partition coefficient (Wildman–Crippen LogP) is 9.67. The fraction of sp³-hybridized carbons (Fsp3) is 0.222. The Morgan fingerprint density at radius 2 is 0.975 bits per heavy atom. The van der Waals surface area contributed by atoms with Gasteiger partial charge in [-0.05, 0) is 110 Å². The van der Waals surface area contributed by atoms with Crippen molar-refractivity contribution in [3.8, 4) is 0 Å². The van der Waals surface area contributed by atoms with Crippen molar-refractivity contribution in [3.05, 3.63) is 114 Å². The van der Waals surface area contributed by atoms with E-state index in [4.69, 9.17) is 0 Å². The van der Waals surface area contributed by atoms with Crippen LogP contribution in [0.25, 0.3) is 43.1 Å². The van der Waals surface area contributed by atoms with Crippen molar-refractivity contribution >= 4 is 53.2 Å². The minimum atomic E-state index is -4.29. The van der Waals surface area contributed by atoms with Gasteiger partial charge in [0.05, 0.1) is 4.90 Å². The molecule has 6 aromatic carbocycles. The van der Waals surface area contributed by atoms with Crippen LogP contribution in [0.15, 0.2) is 108 Å². The number of hydrogen-bond donors (Lipinski definition) is 1. The third-order valence-electron chi connectivity index (χ3n) is 8.19. The van der Waals surface area contributed by atoms with E-state index in [1.54, 1.807) is 12.1 Å². The topological polar surface area (TPSA) is 54.4 Å². The molecule has 1 N–H and O–H groups in total. The van der Waals surface area contributed by atoms with Crippen molar-refractivity contribution < 1.29 is 13.0 Å². The smallest absolute Gasteiger partial charge is 0.282 e. The second kappa shape index (κ2) is 11.4. The summed E-state index contributed by atoms with van der Waals surface area (Å²) in [5.41, 5.74) is 2.15. The van der Waals surface area contributed by atoms with Gasteiger partial charge in [0.15, 0.2) is 0 Å². The van der Waals surface area contributed by atoms with Gasteiger partial charge >= 0.3 is 0 Å². The van der Waals surface area contributed by atoms with Crippen LogP contribution in [-0.2, 0) is 23.0 Å². The Balaban J connectivity index is 1.06. The second-order valence-electron chi connectivity index (χ2n) is 10.9. The van der Waals surface area contributed by atoms with E-state index in [2.05, 4.69) is 72.8 Å². The van der Waals surface area contributed by atoms with Gasteiger partial charge in [-0.2, -0.15) is 8.42 Å². The molecule has 0 bridgehead atoms. The number of hydrogen-bond acceptors (Lipinski definition) is 2. The SMILES string of the molecule is O=S(=O)(O)c1ccc2cc3ccccc3cc2c1CCCCCCCCc1cccc2cc3ccccc3cc12. The molecule has 0 atom stereocenters. The Morgan fingerprint density at radius 3 is 1.60 bits per heavy atom.